The molecular formula is C17H18ClN3O4S2. The lowest BCUT2D eigenvalue weighted by Crippen LogP contribution is -2.47. The summed E-state index contributed by atoms with van der Waals surface area (Å²) >= 11 is 8.51. The number of esters is 2. The lowest BCUT2D eigenvalue weighted by molar-refractivity contribution is -0.135. The number of benzene rings is 1. The molecule has 0 saturated heterocycles. The molecule has 0 N–H and O–H groups in total. The second-order valence-electron chi connectivity index (χ2n) is 5.63. The third kappa shape index (κ3) is 3.39. The molecule has 2 heterocycles. The van der Waals surface area contributed by atoms with Crippen molar-refractivity contribution in [1.29, 1.82) is 0 Å². The summed E-state index contributed by atoms with van der Waals surface area (Å²) in [4.78, 5) is 26.9. The molecule has 0 aromatic heterocycles. The molecule has 0 aliphatic carbocycles. The fourth-order valence-corrected chi connectivity index (χ4v) is 5.64. The first-order valence-electron chi connectivity index (χ1n) is 8.06. The fraction of sp³-hybridized carbons (Fsp3) is 0.353. The van der Waals surface area contributed by atoms with E-state index in [0.29, 0.717) is 9.93 Å². The van der Waals surface area contributed by atoms with Gasteiger partial charge in [-0.05, 0) is 49.9 Å². The molecule has 0 amide bonds. The number of nitrogens with zero attached hydrogens (tertiary/aromatic N) is 3. The van der Waals surface area contributed by atoms with Gasteiger partial charge in [-0.25, -0.2) is 14.6 Å². The van der Waals surface area contributed by atoms with Gasteiger partial charge in [0.1, 0.15) is 4.91 Å². The van der Waals surface area contributed by atoms with Gasteiger partial charge in [0.15, 0.2) is 0 Å². The van der Waals surface area contributed by atoms with Crippen molar-refractivity contribution in [2.75, 3.05) is 25.8 Å². The second-order valence-corrected chi connectivity index (χ2v) is 8.67. The van der Waals surface area contributed by atoms with Crippen LogP contribution in [0.15, 0.2) is 40.0 Å². The molecule has 10 heteroatoms. The maximum absolute atomic E-state index is 12.3. The molecule has 1 aromatic rings. The summed E-state index contributed by atoms with van der Waals surface area (Å²) in [5.74, 6) is -0.932. The topological polar surface area (TPSA) is 71.4 Å². The minimum absolute atomic E-state index is 0.213. The Morgan fingerprint density at radius 2 is 1.89 bits per heavy atom. The van der Waals surface area contributed by atoms with Crippen molar-refractivity contribution in [1.82, 2.24) is 4.90 Å². The van der Waals surface area contributed by atoms with Crippen molar-refractivity contribution in [2.45, 2.75) is 18.2 Å². The molecule has 1 aromatic carbocycles. The molecule has 3 rings (SSSR count). The van der Waals surface area contributed by atoms with E-state index in [2.05, 4.69) is 5.10 Å². The molecule has 2 aliphatic rings. The number of anilines is 1. The van der Waals surface area contributed by atoms with E-state index >= 15 is 0 Å². The number of carbonyl (C=O) groups excluding carboxylic acids is 2. The molecule has 1 atom stereocenters. The third-order valence-corrected chi connectivity index (χ3v) is 7.36. The third-order valence-electron chi connectivity index (χ3n) is 4.07. The molecular weight excluding hydrogens is 410 g/mol. The summed E-state index contributed by atoms with van der Waals surface area (Å²) in [6.07, 6.45) is 0. The fourth-order valence-electron chi connectivity index (χ4n) is 2.62. The number of methoxy groups -OCH3 is 1. The Hall–Kier alpha value is -1.84. The molecule has 7 nitrogen and oxygen atoms in total. The van der Waals surface area contributed by atoms with Crippen LogP contribution in [0.25, 0.3) is 0 Å². The van der Waals surface area contributed by atoms with E-state index in [-0.39, 0.29) is 11.7 Å². The highest BCUT2D eigenvalue weighted by Crippen LogP contribution is 2.58. The van der Waals surface area contributed by atoms with Crippen LogP contribution in [0.2, 0.25) is 5.02 Å². The maximum Gasteiger partial charge on any atom is 0.365 e. The van der Waals surface area contributed by atoms with Gasteiger partial charge in [-0.1, -0.05) is 23.4 Å². The first-order valence-corrected chi connectivity index (χ1v) is 10.1. The zero-order chi connectivity index (χ0) is 19.8. The maximum atomic E-state index is 12.3. The smallest absolute Gasteiger partial charge is 0.365 e. The molecule has 144 valence electrons. The minimum atomic E-state index is -0.885. The van der Waals surface area contributed by atoms with Crippen LogP contribution in [0.1, 0.15) is 13.8 Å². The molecule has 0 fully saturated rings. The van der Waals surface area contributed by atoms with E-state index in [4.69, 9.17) is 21.1 Å². The van der Waals surface area contributed by atoms with Crippen LogP contribution in [-0.4, -0.2) is 47.0 Å². The summed E-state index contributed by atoms with van der Waals surface area (Å²) in [5.41, 5.74) is 1.46. The van der Waals surface area contributed by atoms with E-state index in [1.54, 1.807) is 24.1 Å². The van der Waals surface area contributed by atoms with E-state index < -0.39 is 16.3 Å². The highest BCUT2D eigenvalue weighted by molar-refractivity contribution is 8.28. The molecule has 0 unspecified atom stereocenters. The van der Waals surface area contributed by atoms with Crippen molar-refractivity contribution >= 4 is 57.8 Å². The van der Waals surface area contributed by atoms with Crippen molar-refractivity contribution in [3.63, 3.8) is 0 Å². The van der Waals surface area contributed by atoms with Crippen LogP contribution >= 0.6 is 35.1 Å². The molecule has 1 spiro atoms. The van der Waals surface area contributed by atoms with Crippen LogP contribution < -0.4 is 5.01 Å². The van der Waals surface area contributed by atoms with Crippen LogP contribution in [0.3, 0.4) is 0 Å². The number of allylic oxidation sites excluding steroid dienone is 1. The van der Waals surface area contributed by atoms with Gasteiger partial charge in [0.2, 0.25) is 9.37 Å². The first kappa shape index (κ1) is 19.9. The number of thioether (sulfide) groups is 2. The van der Waals surface area contributed by atoms with Crippen LogP contribution in [0, 0.1) is 0 Å². The predicted molar refractivity (Wildman–Crippen MR) is 108 cm³/mol. The largest absolute Gasteiger partial charge is 0.465 e. The SMILES string of the molecule is CCOC(=O)C1=NN(c2ccc(Cl)cc2)[C@@]2(S1)SC(C(=O)OC)=C(C)N2C. The van der Waals surface area contributed by atoms with Gasteiger partial charge in [-0.2, -0.15) is 5.10 Å². The number of hydrazone groups is 1. The summed E-state index contributed by atoms with van der Waals surface area (Å²) in [7, 11) is 3.19. The predicted octanol–water partition coefficient (Wildman–Crippen LogP) is 3.46. The summed E-state index contributed by atoms with van der Waals surface area (Å²) < 4.78 is 9.14. The standard InChI is InChI=1S/C17H18ClN3O4S2/c1-5-25-16(23)14-19-21(12-8-6-11(18)7-9-12)17(27-14)20(3)10(2)13(26-17)15(22)24-4/h6-9H,5H2,1-4H3/t17-/m1/s1. The Bertz CT molecular complexity index is 843. The van der Waals surface area contributed by atoms with E-state index in [1.165, 1.54) is 30.6 Å². The Morgan fingerprint density at radius 3 is 2.48 bits per heavy atom. The van der Waals surface area contributed by atoms with Crippen molar-refractivity contribution in [3.05, 3.63) is 39.9 Å². The van der Waals surface area contributed by atoms with Gasteiger partial charge in [-0.15, -0.1) is 0 Å². The Labute approximate surface area is 170 Å². The average molecular weight is 428 g/mol. The number of hydrogen-bond donors (Lipinski definition) is 0. The molecule has 27 heavy (non-hydrogen) atoms. The van der Waals surface area contributed by atoms with Gasteiger partial charge in [-0.3, -0.25) is 0 Å². The Kier molecular flexibility index (Phi) is 5.64. The number of ether oxygens (including phenoxy) is 2. The Morgan fingerprint density at radius 1 is 1.22 bits per heavy atom. The van der Waals surface area contributed by atoms with Crippen LogP contribution in [0.5, 0.6) is 0 Å². The molecule has 0 radical (unpaired) electrons. The number of halogens is 1. The molecule has 0 bridgehead atoms. The Balaban J connectivity index is 2.04. The van der Waals surface area contributed by atoms with Crippen molar-refractivity contribution < 1.29 is 19.1 Å². The van der Waals surface area contributed by atoms with Gasteiger partial charge >= 0.3 is 11.9 Å². The first-order chi connectivity index (χ1) is 12.8. The van der Waals surface area contributed by atoms with Gasteiger partial charge in [0.05, 0.1) is 19.4 Å². The average Bonchev–Trinajstić information content (AvgIpc) is 3.16. The van der Waals surface area contributed by atoms with E-state index in [0.717, 1.165) is 11.4 Å². The summed E-state index contributed by atoms with van der Waals surface area (Å²) in [6, 6.07) is 7.10. The molecule has 2 aliphatic heterocycles. The lowest BCUT2D eigenvalue weighted by atomic mass is 10.3. The highest BCUT2D eigenvalue weighted by atomic mass is 35.5. The summed E-state index contributed by atoms with van der Waals surface area (Å²) in [6.45, 7) is 3.82. The minimum Gasteiger partial charge on any atom is -0.465 e. The summed E-state index contributed by atoms with van der Waals surface area (Å²) in [5, 5.41) is 7.00. The normalized spacial score (nSPS) is 21.7. The zero-order valence-electron chi connectivity index (χ0n) is 15.2. The zero-order valence-corrected chi connectivity index (χ0v) is 17.6. The van der Waals surface area contributed by atoms with E-state index in [1.807, 2.05) is 31.0 Å². The van der Waals surface area contributed by atoms with Gasteiger partial charge in [0.25, 0.3) is 0 Å². The van der Waals surface area contributed by atoms with Crippen LogP contribution in [0.4, 0.5) is 5.69 Å². The molecule has 0 saturated carbocycles. The second kappa shape index (κ2) is 7.65. The van der Waals surface area contributed by atoms with E-state index in [9.17, 15) is 9.59 Å². The highest BCUT2D eigenvalue weighted by Gasteiger charge is 2.56. The quantitative estimate of drug-likeness (QED) is 0.676. The number of carbonyl (C=O) groups is 2. The van der Waals surface area contributed by atoms with Gasteiger partial charge < -0.3 is 14.4 Å². The number of rotatable bonds is 4. The lowest BCUT2D eigenvalue weighted by Gasteiger charge is -2.39. The van der Waals surface area contributed by atoms with Crippen LogP contribution in [-0.2, 0) is 19.1 Å². The monoisotopic (exact) mass is 427 g/mol. The van der Waals surface area contributed by atoms with Crippen molar-refractivity contribution in [3.8, 4) is 0 Å². The number of hydrogen-bond acceptors (Lipinski definition) is 9. The van der Waals surface area contributed by atoms with Gasteiger partial charge in [0, 0.05) is 17.8 Å². The van der Waals surface area contributed by atoms with Crippen molar-refractivity contribution in [2.24, 2.45) is 5.10 Å².